The fourth-order valence-corrected chi connectivity index (χ4v) is 2.37. The lowest BCUT2D eigenvalue weighted by Gasteiger charge is -2.24. The van der Waals surface area contributed by atoms with Crippen LogP contribution in [-0.2, 0) is 6.54 Å². The summed E-state index contributed by atoms with van der Waals surface area (Å²) in [6, 6.07) is 13.6. The molecule has 112 valence electrons. The number of nitrogens with zero attached hydrogens (tertiary/aromatic N) is 1. The molecule has 2 aromatic carbocycles. The Morgan fingerprint density at radius 1 is 1.05 bits per heavy atom. The van der Waals surface area contributed by atoms with Gasteiger partial charge in [0.15, 0.2) is 0 Å². The van der Waals surface area contributed by atoms with Crippen LogP contribution in [0.2, 0.25) is 0 Å². The molecule has 2 nitrogen and oxygen atoms in total. The maximum atomic E-state index is 14.4. The van der Waals surface area contributed by atoms with Gasteiger partial charge in [-0.05, 0) is 50.2 Å². The average Bonchev–Trinajstić information content (AvgIpc) is 2.49. The lowest BCUT2D eigenvalue weighted by atomic mass is 10.1. The molecule has 2 rings (SSSR count). The first-order chi connectivity index (χ1) is 10.2. The molecule has 0 saturated heterocycles. The molecule has 0 aliphatic carbocycles. The number of halogens is 1. The monoisotopic (exact) mass is 286 g/mol. The van der Waals surface area contributed by atoms with Gasteiger partial charge >= 0.3 is 0 Å². The van der Waals surface area contributed by atoms with Crippen molar-refractivity contribution in [2.24, 2.45) is 0 Å². The second-order valence-electron chi connectivity index (χ2n) is 5.15. The van der Waals surface area contributed by atoms with E-state index in [9.17, 15) is 4.39 Å². The van der Waals surface area contributed by atoms with Crippen LogP contribution in [0, 0.1) is 12.7 Å². The van der Waals surface area contributed by atoms with Crippen molar-refractivity contribution in [3.8, 4) is 0 Å². The quantitative estimate of drug-likeness (QED) is 0.846. The van der Waals surface area contributed by atoms with Crippen molar-refractivity contribution in [2.45, 2.75) is 27.3 Å². The van der Waals surface area contributed by atoms with Gasteiger partial charge in [0.2, 0.25) is 0 Å². The smallest absolute Gasteiger partial charge is 0.147 e. The summed E-state index contributed by atoms with van der Waals surface area (Å²) in [6.07, 6.45) is 0. The Labute approximate surface area is 126 Å². The Bertz CT molecular complexity index is 578. The summed E-state index contributed by atoms with van der Waals surface area (Å²) in [5.41, 5.74) is 3.82. The first-order valence-electron chi connectivity index (χ1n) is 7.49. The first kappa shape index (κ1) is 15.5. The molecule has 0 radical (unpaired) electrons. The van der Waals surface area contributed by atoms with Gasteiger partial charge in [-0.25, -0.2) is 4.39 Å². The molecule has 0 saturated carbocycles. The van der Waals surface area contributed by atoms with E-state index >= 15 is 0 Å². The van der Waals surface area contributed by atoms with Crippen LogP contribution >= 0.6 is 0 Å². The average molecular weight is 286 g/mol. The summed E-state index contributed by atoms with van der Waals surface area (Å²) >= 11 is 0. The Kier molecular flexibility index (Phi) is 5.34. The zero-order valence-electron chi connectivity index (χ0n) is 13.0. The molecule has 0 fully saturated rings. The molecule has 0 atom stereocenters. The van der Waals surface area contributed by atoms with E-state index in [0.717, 1.165) is 24.3 Å². The van der Waals surface area contributed by atoms with E-state index in [2.05, 4.69) is 24.4 Å². The molecule has 21 heavy (non-hydrogen) atoms. The van der Waals surface area contributed by atoms with E-state index in [0.29, 0.717) is 12.2 Å². The fourth-order valence-electron chi connectivity index (χ4n) is 2.37. The zero-order valence-corrected chi connectivity index (χ0v) is 13.0. The molecule has 0 aliphatic heterocycles. The van der Waals surface area contributed by atoms with Crippen molar-refractivity contribution in [1.29, 1.82) is 0 Å². The molecule has 0 heterocycles. The lowest BCUT2D eigenvalue weighted by Crippen LogP contribution is -2.18. The molecule has 0 amide bonds. The van der Waals surface area contributed by atoms with Crippen molar-refractivity contribution in [3.05, 3.63) is 59.4 Å². The summed E-state index contributed by atoms with van der Waals surface area (Å²) in [7, 11) is 0. The van der Waals surface area contributed by atoms with Gasteiger partial charge in [-0.15, -0.1) is 0 Å². The van der Waals surface area contributed by atoms with E-state index in [-0.39, 0.29) is 5.82 Å². The minimum Gasteiger partial charge on any atom is -0.339 e. The largest absolute Gasteiger partial charge is 0.339 e. The predicted octanol–water partition coefficient (Wildman–Crippen LogP) is 4.40. The summed E-state index contributed by atoms with van der Waals surface area (Å²) in [6.45, 7) is 8.44. The summed E-state index contributed by atoms with van der Waals surface area (Å²) in [5.74, 6) is -0.173. The highest BCUT2D eigenvalue weighted by molar-refractivity contribution is 5.64. The van der Waals surface area contributed by atoms with E-state index < -0.39 is 0 Å². The van der Waals surface area contributed by atoms with Crippen LogP contribution in [0.25, 0.3) is 0 Å². The standard InChI is InChI=1S/C18H23FN2/c1-4-20-13-15-8-11-18(17(19)12-15)21(5-2)16-9-6-14(3)7-10-16/h6-12,20H,4-5,13H2,1-3H3. The fraction of sp³-hybridized carbons (Fsp3) is 0.333. The number of anilines is 2. The van der Waals surface area contributed by atoms with Crippen molar-refractivity contribution >= 4 is 11.4 Å². The zero-order chi connectivity index (χ0) is 15.2. The lowest BCUT2D eigenvalue weighted by molar-refractivity contribution is 0.620. The van der Waals surface area contributed by atoms with Crippen molar-refractivity contribution in [1.82, 2.24) is 5.32 Å². The van der Waals surface area contributed by atoms with Crippen LogP contribution in [0.4, 0.5) is 15.8 Å². The van der Waals surface area contributed by atoms with Gasteiger partial charge < -0.3 is 10.2 Å². The van der Waals surface area contributed by atoms with E-state index in [1.54, 1.807) is 6.07 Å². The minimum atomic E-state index is -0.173. The maximum absolute atomic E-state index is 14.4. The molecule has 3 heteroatoms. The molecule has 1 N–H and O–H groups in total. The van der Waals surface area contributed by atoms with Gasteiger partial charge in [-0.2, -0.15) is 0 Å². The van der Waals surface area contributed by atoms with Gasteiger partial charge in [-0.1, -0.05) is 30.7 Å². The van der Waals surface area contributed by atoms with Crippen LogP contribution in [0.5, 0.6) is 0 Å². The van der Waals surface area contributed by atoms with Gasteiger partial charge in [0, 0.05) is 18.8 Å². The van der Waals surface area contributed by atoms with Crippen LogP contribution in [0.15, 0.2) is 42.5 Å². The number of rotatable bonds is 6. The molecular weight excluding hydrogens is 263 g/mol. The Balaban J connectivity index is 2.27. The van der Waals surface area contributed by atoms with Crippen LogP contribution in [-0.4, -0.2) is 13.1 Å². The van der Waals surface area contributed by atoms with E-state index in [1.807, 2.05) is 43.0 Å². The van der Waals surface area contributed by atoms with Crippen LogP contribution < -0.4 is 10.2 Å². The highest BCUT2D eigenvalue weighted by Gasteiger charge is 2.12. The number of nitrogens with one attached hydrogen (secondary N) is 1. The summed E-state index contributed by atoms with van der Waals surface area (Å²) in [5, 5.41) is 3.21. The molecule has 0 aliphatic rings. The Morgan fingerprint density at radius 2 is 1.76 bits per heavy atom. The van der Waals surface area contributed by atoms with E-state index in [1.165, 1.54) is 5.56 Å². The van der Waals surface area contributed by atoms with Crippen molar-refractivity contribution in [2.75, 3.05) is 18.0 Å². The topological polar surface area (TPSA) is 15.3 Å². The molecule has 0 aromatic heterocycles. The number of aryl methyl sites for hydroxylation is 1. The second-order valence-corrected chi connectivity index (χ2v) is 5.15. The van der Waals surface area contributed by atoms with E-state index in [4.69, 9.17) is 0 Å². The van der Waals surface area contributed by atoms with Gasteiger partial charge in [-0.3, -0.25) is 0 Å². The SMILES string of the molecule is CCNCc1ccc(N(CC)c2ccc(C)cc2)c(F)c1. The van der Waals surface area contributed by atoms with Crippen LogP contribution in [0.1, 0.15) is 25.0 Å². The summed E-state index contributed by atoms with van der Waals surface area (Å²) in [4.78, 5) is 1.99. The minimum absolute atomic E-state index is 0.173. The molecule has 0 unspecified atom stereocenters. The van der Waals surface area contributed by atoms with Gasteiger partial charge in [0.05, 0.1) is 5.69 Å². The molecule has 0 spiro atoms. The molecule has 0 bridgehead atoms. The summed E-state index contributed by atoms with van der Waals surface area (Å²) < 4.78 is 14.4. The molecule has 2 aromatic rings. The van der Waals surface area contributed by atoms with Crippen LogP contribution in [0.3, 0.4) is 0 Å². The van der Waals surface area contributed by atoms with Gasteiger partial charge in [0.25, 0.3) is 0 Å². The third-order valence-corrected chi connectivity index (χ3v) is 3.54. The highest BCUT2D eigenvalue weighted by atomic mass is 19.1. The number of hydrogen-bond acceptors (Lipinski definition) is 2. The first-order valence-corrected chi connectivity index (χ1v) is 7.49. The Hall–Kier alpha value is -1.87. The van der Waals surface area contributed by atoms with Gasteiger partial charge in [0.1, 0.15) is 5.82 Å². The van der Waals surface area contributed by atoms with Crippen molar-refractivity contribution < 1.29 is 4.39 Å². The number of hydrogen-bond donors (Lipinski definition) is 1. The molecular formula is C18H23FN2. The predicted molar refractivity (Wildman–Crippen MR) is 87.6 cm³/mol. The third-order valence-electron chi connectivity index (χ3n) is 3.54. The maximum Gasteiger partial charge on any atom is 0.147 e. The Morgan fingerprint density at radius 3 is 2.33 bits per heavy atom. The van der Waals surface area contributed by atoms with Crippen molar-refractivity contribution in [3.63, 3.8) is 0 Å². The third kappa shape index (κ3) is 3.82. The normalized spacial score (nSPS) is 10.7. The highest BCUT2D eigenvalue weighted by Crippen LogP contribution is 2.28. The number of benzene rings is 2. The second kappa shape index (κ2) is 7.23.